The largest absolute Gasteiger partial charge is 0.381 e. The van der Waals surface area contributed by atoms with Gasteiger partial charge in [0.05, 0.1) is 23.3 Å². The highest BCUT2D eigenvalue weighted by Gasteiger charge is 2.45. The van der Waals surface area contributed by atoms with E-state index in [9.17, 15) is 4.79 Å². The third-order valence-corrected chi connectivity index (χ3v) is 8.81. The topological polar surface area (TPSA) is 137 Å². The molecule has 6 aromatic rings. The smallest absolute Gasteiger partial charge is 0.297 e. The Kier molecular flexibility index (Phi) is 5.90. The minimum absolute atomic E-state index is 0.0412. The number of pyridine rings is 1. The molecular weight excluding hydrogens is 544 g/mol. The fourth-order valence-electron chi connectivity index (χ4n) is 5.93. The van der Waals surface area contributed by atoms with E-state index < -0.39 is 5.91 Å². The second kappa shape index (κ2) is 9.84. The van der Waals surface area contributed by atoms with Gasteiger partial charge >= 0.3 is 0 Å². The zero-order chi connectivity index (χ0) is 29.1. The number of amides is 1. The maximum absolute atomic E-state index is 13.0. The van der Waals surface area contributed by atoms with Crippen LogP contribution in [-0.2, 0) is 10.2 Å². The van der Waals surface area contributed by atoms with Gasteiger partial charge in [0.25, 0.3) is 11.7 Å². The van der Waals surface area contributed by atoms with Crippen LogP contribution in [0.2, 0.25) is 0 Å². The maximum Gasteiger partial charge on any atom is 0.297 e. The lowest BCUT2D eigenvalue weighted by atomic mass is 10.0. The summed E-state index contributed by atoms with van der Waals surface area (Å²) >= 11 is 0. The van der Waals surface area contributed by atoms with Crippen molar-refractivity contribution < 1.29 is 14.1 Å². The molecule has 0 spiro atoms. The molecule has 2 aliphatic rings. The van der Waals surface area contributed by atoms with E-state index in [2.05, 4.69) is 50.0 Å². The molecule has 216 valence electrons. The molecule has 2 N–H and O–H groups in total. The van der Waals surface area contributed by atoms with Crippen LogP contribution < -0.4 is 5.32 Å². The predicted octanol–water partition coefficient (Wildman–Crippen LogP) is 5.99. The highest BCUT2D eigenvalue weighted by Crippen LogP contribution is 2.46. The zero-order valence-electron chi connectivity index (χ0n) is 23.9. The maximum atomic E-state index is 13.0. The van der Waals surface area contributed by atoms with E-state index in [0.29, 0.717) is 23.3 Å². The summed E-state index contributed by atoms with van der Waals surface area (Å²) in [6.07, 6.45) is 7.56. The summed E-state index contributed by atoms with van der Waals surface area (Å²) in [5.41, 5.74) is 6.12. The van der Waals surface area contributed by atoms with E-state index in [1.54, 1.807) is 6.20 Å². The van der Waals surface area contributed by atoms with E-state index in [1.807, 2.05) is 42.6 Å². The van der Waals surface area contributed by atoms with Gasteiger partial charge in [-0.15, -0.1) is 0 Å². The number of imidazole rings is 1. The normalized spacial score (nSPS) is 16.6. The van der Waals surface area contributed by atoms with Crippen LogP contribution in [0.3, 0.4) is 0 Å². The Bertz CT molecular complexity index is 2010. The minimum atomic E-state index is -0.396. The van der Waals surface area contributed by atoms with Gasteiger partial charge < -0.3 is 19.6 Å². The van der Waals surface area contributed by atoms with Crippen molar-refractivity contribution in [2.24, 2.45) is 0 Å². The van der Waals surface area contributed by atoms with Crippen molar-refractivity contribution in [1.82, 2.24) is 34.9 Å². The zero-order valence-corrected chi connectivity index (χ0v) is 23.9. The average Bonchev–Trinajstić information content (AvgIpc) is 3.40. The first-order valence-electron chi connectivity index (χ1n) is 14.6. The van der Waals surface area contributed by atoms with Gasteiger partial charge in [0.1, 0.15) is 5.82 Å². The number of fused-ring (bicyclic) bond motifs is 2. The molecule has 11 nitrogen and oxygen atoms in total. The molecule has 8 rings (SSSR count). The number of aromatic amines is 1. The lowest BCUT2D eigenvalue weighted by Crippen LogP contribution is -2.21. The number of hydrogen-bond acceptors (Lipinski definition) is 8. The summed E-state index contributed by atoms with van der Waals surface area (Å²) in [6, 6.07) is 14.3. The number of nitrogens with one attached hydrogen (secondary N) is 2. The number of H-pyrrole nitrogens is 1. The molecule has 0 unspecified atom stereocenters. The van der Waals surface area contributed by atoms with E-state index in [4.69, 9.17) is 19.3 Å². The minimum Gasteiger partial charge on any atom is -0.381 e. The molecule has 1 aliphatic heterocycles. The molecule has 1 saturated heterocycles. The number of anilines is 1. The van der Waals surface area contributed by atoms with Gasteiger partial charge in [0, 0.05) is 47.2 Å². The molecule has 11 heteroatoms. The number of ether oxygens (including phenoxy) is 1. The van der Waals surface area contributed by atoms with Crippen molar-refractivity contribution in [3.63, 3.8) is 0 Å². The second-order valence-corrected chi connectivity index (χ2v) is 11.8. The summed E-state index contributed by atoms with van der Waals surface area (Å²) in [6.45, 7) is 5.67. The Morgan fingerprint density at radius 3 is 2.79 bits per heavy atom. The van der Waals surface area contributed by atoms with Crippen LogP contribution in [0, 0.1) is 6.92 Å². The molecule has 4 aromatic heterocycles. The molecule has 1 aliphatic carbocycles. The first-order valence-corrected chi connectivity index (χ1v) is 14.6. The van der Waals surface area contributed by atoms with E-state index >= 15 is 0 Å². The Labute approximate surface area is 246 Å². The Balaban J connectivity index is 1.10. The van der Waals surface area contributed by atoms with Gasteiger partial charge in [0.2, 0.25) is 5.89 Å². The summed E-state index contributed by atoms with van der Waals surface area (Å²) in [5.74, 6) is 0.914. The van der Waals surface area contributed by atoms with Crippen LogP contribution >= 0.6 is 0 Å². The molecule has 1 amide bonds. The van der Waals surface area contributed by atoms with Crippen molar-refractivity contribution in [2.75, 3.05) is 18.5 Å². The monoisotopic (exact) mass is 574 g/mol. The fraction of sp³-hybridized carbons (Fsp3) is 0.312. The van der Waals surface area contributed by atoms with Crippen LogP contribution in [0.4, 0.5) is 5.69 Å². The first kappa shape index (κ1) is 25.8. The highest BCUT2D eigenvalue weighted by molar-refractivity contribution is 6.08. The summed E-state index contributed by atoms with van der Waals surface area (Å²) in [5, 5.41) is 13.5. The molecule has 0 atom stereocenters. The van der Waals surface area contributed by atoms with Gasteiger partial charge in [0.15, 0.2) is 5.65 Å². The SMILES string of the molecule is Cc1c(-c2nc3nccc(-c4ccc5c(NC(=O)c6noc(C7(C)CC7)n6)cccc5c4)c3[nH]2)cnn1C1CCOCC1. The Hall–Kier alpha value is -4.90. The summed E-state index contributed by atoms with van der Waals surface area (Å²) in [4.78, 5) is 30.2. The van der Waals surface area contributed by atoms with E-state index in [0.717, 1.165) is 83.4 Å². The number of benzene rings is 2. The van der Waals surface area contributed by atoms with E-state index in [-0.39, 0.29) is 11.2 Å². The molecule has 2 aromatic carbocycles. The standard InChI is InChI=1S/C32H30N8O3/c1-18-24(17-34-40(18)21-9-14-42-15-10-21)27-36-26-23(8-13-33-28(26)37-27)20-6-7-22-19(16-20)4-3-5-25(22)35-30(41)29-38-31(43-39-29)32(2)11-12-32/h3-8,13,16-17,21H,9-12,14-15H2,1-2H3,(H,35,41)(H,33,36,37). The van der Waals surface area contributed by atoms with Crippen LogP contribution in [-0.4, -0.2) is 54.0 Å². The first-order chi connectivity index (χ1) is 21.0. The molecule has 0 bridgehead atoms. The van der Waals surface area contributed by atoms with Crippen molar-refractivity contribution in [2.45, 2.75) is 51.0 Å². The number of nitrogens with zero attached hydrogens (tertiary/aromatic N) is 6. The average molecular weight is 575 g/mol. The van der Waals surface area contributed by atoms with Crippen molar-refractivity contribution >= 4 is 33.5 Å². The Morgan fingerprint density at radius 1 is 1.09 bits per heavy atom. The molecule has 2 fully saturated rings. The highest BCUT2D eigenvalue weighted by atomic mass is 16.5. The quantitative estimate of drug-likeness (QED) is 0.248. The molecule has 0 radical (unpaired) electrons. The molecular formula is C32H30N8O3. The van der Waals surface area contributed by atoms with Crippen molar-refractivity contribution in [1.29, 1.82) is 0 Å². The lowest BCUT2D eigenvalue weighted by molar-refractivity contribution is 0.0657. The van der Waals surface area contributed by atoms with Crippen molar-refractivity contribution in [3.05, 3.63) is 72.3 Å². The van der Waals surface area contributed by atoms with Gasteiger partial charge in [-0.1, -0.05) is 36.3 Å². The van der Waals surface area contributed by atoms with Gasteiger partial charge in [-0.25, -0.2) is 9.97 Å². The summed E-state index contributed by atoms with van der Waals surface area (Å²) < 4.78 is 13.0. The molecule has 1 saturated carbocycles. The predicted molar refractivity (Wildman–Crippen MR) is 161 cm³/mol. The lowest BCUT2D eigenvalue weighted by Gasteiger charge is -2.23. The Morgan fingerprint density at radius 2 is 1.95 bits per heavy atom. The second-order valence-electron chi connectivity index (χ2n) is 11.8. The molecule has 43 heavy (non-hydrogen) atoms. The summed E-state index contributed by atoms with van der Waals surface area (Å²) in [7, 11) is 0. The van der Waals surface area contributed by atoms with Gasteiger partial charge in [-0.3, -0.25) is 9.48 Å². The van der Waals surface area contributed by atoms with Crippen LogP contribution in [0.25, 0.3) is 44.5 Å². The number of carbonyl (C=O) groups is 1. The fourth-order valence-corrected chi connectivity index (χ4v) is 5.93. The van der Waals surface area contributed by atoms with Crippen molar-refractivity contribution in [3.8, 4) is 22.5 Å². The number of rotatable bonds is 6. The van der Waals surface area contributed by atoms with E-state index in [1.165, 1.54) is 0 Å². The number of aromatic nitrogens is 7. The third kappa shape index (κ3) is 4.47. The van der Waals surface area contributed by atoms with Crippen LogP contribution in [0.1, 0.15) is 60.9 Å². The van der Waals surface area contributed by atoms with Crippen LogP contribution in [0.5, 0.6) is 0 Å². The number of carbonyl (C=O) groups excluding carboxylic acids is 1. The third-order valence-electron chi connectivity index (χ3n) is 8.81. The van der Waals surface area contributed by atoms with Crippen LogP contribution in [0.15, 0.2) is 59.4 Å². The van der Waals surface area contributed by atoms with Gasteiger partial charge in [-0.05, 0) is 61.8 Å². The molecule has 5 heterocycles. The van der Waals surface area contributed by atoms with Gasteiger partial charge in [-0.2, -0.15) is 10.1 Å². The number of hydrogen-bond donors (Lipinski definition) is 2.